The van der Waals surface area contributed by atoms with Gasteiger partial charge in [-0.25, -0.2) is 9.69 Å². The van der Waals surface area contributed by atoms with Crippen LogP contribution in [0.5, 0.6) is 0 Å². The Morgan fingerprint density at radius 3 is 2.77 bits per heavy atom. The van der Waals surface area contributed by atoms with E-state index in [9.17, 15) is 14.4 Å². The van der Waals surface area contributed by atoms with Gasteiger partial charge in [-0.2, -0.15) is 0 Å². The minimum Gasteiger partial charge on any atom is -0.478 e. The Kier molecular flexibility index (Phi) is 2.43. The van der Waals surface area contributed by atoms with Crippen LogP contribution in [0.1, 0.15) is 17.3 Å². The highest BCUT2D eigenvalue weighted by Crippen LogP contribution is 2.52. The SMILES string of the molecule is C[C@]12C=C[C@H](O1)[C@@H]1C(=O)N(c3cccc(C(=O)O)c3)C(=O)[C@@H]12. The smallest absolute Gasteiger partial charge is 0.335 e. The van der Waals surface area contributed by atoms with Crippen LogP contribution in [-0.2, 0) is 14.3 Å². The van der Waals surface area contributed by atoms with Crippen molar-refractivity contribution in [1.29, 1.82) is 0 Å². The van der Waals surface area contributed by atoms with Gasteiger partial charge in [-0.05, 0) is 25.1 Å². The topological polar surface area (TPSA) is 83.9 Å². The molecule has 22 heavy (non-hydrogen) atoms. The summed E-state index contributed by atoms with van der Waals surface area (Å²) < 4.78 is 5.74. The van der Waals surface area contributed by atoms with Crippen LogP contribution in [0.15, 0.2) is 36.4 Å². The molecule has 112 valence electrons. The van der Waals surface area contributed by atoms with E-state index in [1.54, 1.807) is 13.0 Å². The van der Waals surface area contributed by atoms with Crippen LogP contribution < -0.4 is 4.90 Å². The summed E-state index contributed by atoms with van der Waals surface area (Å²) in [5.74, 6) is -2.81. The second-order valence-electron chi connectivity index (χ2n) is 6.00. The molecule has 6 nitrogen and oxygen atoms in total. The van der Waals surface area contributed by atoms with Gasteiger partial charge in [0.05, 0.1) is 34.8 Å². The first-order chi connectivity index (χ1) is 10.4. The Hall–Kier alpha value is -2.47. The van der Waals surface area contributed by atoms with E-state index in [0.29, 0.717) is 5.69 Å². The molecule has 0 unspecified atom stereocenters. The maximum Gasteiger partial charge on any atom is 0.335 e. The van der Waals surface area contributed by atoms with Crippen LogP contribution in [0.2, 0.25) is 0 Å². The minimum atomic E-state index is -1.10. The quantitative estimate of drug-likeness (QED) is 0.655. The average Bonchev–Trinajstić information content (AvgIpc) is 3.08. The Bertz CT molecular complexity index is 755. The maximum absolute atomic E-state index is 12.7. The second kappa shape index (κ2) is 4.04. The fourth-order valence-corrected chi connectivity index (χ4v) is 3.69. The van der Waals surface area contributed by atoms with Crippen molar-refractivity contribution in [3.05, 3.63) is 42.0 Å². The molecule has 3 heterocycles. The Morgan fingerprint density at radius 2 is 2.09 bits per heavy atom. The van der Waals surface area contributed by atoms with E-state index in [2.05, 4.69) is 0 Å². The van der Waals surface area contributed by atoms with Gasteiger partial charge in [0.15, 0.2) is 0 Å². The molecule has 2 bridgehead atoms. The highest BCUT2D eigenvalue weighted by Gasteiger charge is 2.66. The van der Waals surface area contributed by atoms with Gasteiger partial charge in [-0.1, -0.05) is 18.2 Å². The van der Waals surface area contributed by atoms with Crippen molar-refractivity contribution in [2.75, 3.05) is 4.90 Å². The molecule has 2 amide bonds. The first kappa shape index (κ1) is 13.2. The number of fused-ring (bicyclic) bond motifs is 5. The lowest BCUT2D eigenvalue weighted by atomic mass is 9.78. The number of carboxylic acids is 1. The normalized spacial score (nSPS) is 35.3. The molecule has 0 aromatic heterocycles. The first-order valence-electron chi connectivity index (χ1n) is 7.01. The number of rotatable bonds is 2. The summed E-state index contributed by atoms with van der Waals surface area (Å²) in [5.41, 5.74) is -0.410. The molecule has 0 spiro atoms. The van der Waals surface area contributed by atoms with E-state index in [4.69, 9.17) is 9.84 Å². The number of amides is 2. The number of benzene rings is 1. The molecule has 3 aliphatic heterocycles. The lowest BCUT2D eigenvalue weighted by Crippen LogP contribution is -2.38. The molecule has 2 fully saturated rings. The monoisotopic (exact) mass is 299 g/mol. The number of nitrogens with zero attached hydrogens (tertiary/aromatic N) is 1. The van der Waals surface area contributed by atoms with E-state index >= 15 is 0 Å². The highest BCUT2D eigenvalue weighted by atomic mass is 16.5. The minimum absolute atomic E-state index is 0.0405. The number of carbonyl (C=O) groups excluding carboxylic acids is 2. The summed E-state index contributed by atoms with van der Waals surface area (Å²) in [7, 11) is 0. The largest absolute Gasteiger partial charge is 0.478 e. The zero-order valence-electron chi connectivity index (χ0n) is 11.7. The lowest BCUT2D eigenvalue weighted by Gasteiger charge is -2.24. The van der Waals surface area contributed by atoms with Crippen LogP contribution in [0.25, 0.3) is 0 Å². The third-order valence-electron chi connectivity index (χ3n) is 4.68. The molecule has 0 saturated carbocycles. The van der Waals surface area contributed by atoms with Crippen LogP contribution in [0, 0.1) is 11.8 Å². The zero-order valence-corrected chi connectivity index (χ0v) is 11.7. The summed E-state index contributed by atoms with van der Waals surface area (Å²) in [6.07, 6.45) is 3.28. The van der Waals surface area contributed by atoms with Gasteiger partial charge in [-0.3, -0.25) is 9.59 Å². The number of ether oxygens (including phenoxy) is 1. The fraction of sp³-hybridized carbons (Fsp3) is 0.312. The van der Waals surface area contributed by atoms with E-state index < -0.39 is 23.4 Å². The van der Waals surface area contributed by atoms with Gasteiger partial charge < -0.3 is 9.84 Å². The van der Waals surface area contributed by atoms with E-state index in [0.717, 1.165) is 4.90 Å². The Labute approximate surface area is 126 Å². The van der Waals surface area contributed by atoms with Crippen LogP contribution in [0.4, 0.5) is 5.69 Å². The van der Waals surface area contributed by atoms with E-state index in [1.165, 1.54) is 18.2 Å². The number of imide groups is 1. The molecule has 1 N–H and O–H groups in total. The molecule has 4 atom stereocenters. The summed E-state index contributed by atoms with van der Waals surface area (Å²) in [6.45, 7) is 1.80. The summed E-state index contributed by atoms with van der Waals surface area (Å²) in [5, 5.41) is 9.06. The number of aromatic carboxylic acids is 1. The van der Waals surface area contributed by atoms with Gasteiger partial charge >= 0.3 is 5.97 Å². The van der Waals surface area contributed by atoms with Crippen molar-refractivity contribution in [3.8, 4) is 0 Å². The lowest BCUT2D eigenvalue weighted by molar-refractivity contribution is -0.126. The predicted octanol–water partition coefficient (Wildman–Crippen LogP) is 1.22. The van der Waals surface area contributed by atoms with Gasteiger partial charge in [-0.15, -0.1) is 0 Å². The molecular weight excluding hydrogens is 286 g/mol. The van der Waals surface area contributed by atoms with Crippen molar-refractivity contribution < 1.29 is 24.2 Å². The third-order valence-corrected chi connectivity index (χ3v) is 4.68. The van der Waals surface area contributed by atoms with Crippen LogP contribution >= 0.6 is 0 Å². The van der Waals surface area contributed by atoms with Crippen LogP contribution in [-0.4, -0.2) is 34.6 Å². The Morgan fingerprint density at radius 1 is 1.32 bits per heavy atom. The number of carbonyl (C=O) groups is 3. The standard InChI is InChI=1S/C16H13NO5/c1-16-6-5-10(22-16)11-12(16)14(19)17(13(11)18)9-4-2-3-8(7-9)15(20)21/h2-7,10-12H,1H3,(H,20,21)/t10-,11-,12+,16+/m0/s1. The Balaban J connectivity index is 1.77. The molecule has 0 radical (unpaired) electrons. The van der Waals surface area contributed by atoms with Crippen molar-refractivity contribution in [2.45, 2.75) is 18.6 Å². The molecular formula is C16H13NO5. The molecule has 2 saturated heterocycles. The first-order valence-corrected chi connectivity index (χ1v) is 7.01. The molecule has 4 rings (SSSR count). The molecule has 0 aliphatic carbocycles. The zero-order chi connectivity index (χ0) is 15.6. The summed E-state index contributed by atoms with van der Waals surface area (Å²) >= 11 is 0. The summed E-state index contributed by atoms with van der Waals surface area (Å²) in [6, 6.07) is 5.87. The molecule has 3 aliphatic rings. The predicted molar refractivity (Wildman–Crippen MR) is 75.3 cm³/mol. The van der Waals surface area contributed by atoms with Gasteiger partial charge in [0, 0.05) is 0 Å². The van der Waals surface area contributed by atoms with Crippen molar-refractivity contribution in [3.63, 3.8) is 0 Å². The van der Waals surface area contributed by atoms with Gasteiger partial charge in [0.1, 0.15) is 0 Å². The van der Waals surface area contributed by atoms with E-state index in [-0.39, 0.29) is 23.5 Å². The summed E-state index contributed by atoms with van der Waals surface area (Å²) in [4.78, 5) is 37.5. The van der Waals surface area contributed by atoms with Crippen LogP contribution in [0.3, 0.4) is 0 Å². The highest BCUT2D eigenvalue weighted by molar-refractivity contribution is 6.23. The number of hydrogen-bond acceptors (Lipinski definition) is 4. The number of carboxylic acid groups (broad SMARTS) is 1. The van der Waals surface area contributed by atoms with E-state index in [1.807, 2.05) is 12.2 Å². The van der Waals surface area contributed by atoms with Crippen molar-refractivity contribution in [1.82, 2.24) is 0 Å². The fourth-order valence-electron chi connectivity index (χ4n) is 3.69. The van der Waals surface area contributed by atoms with Gasteiger partial charge in [0.2, 0.25) is 11.8 Å². The molecule has 6 heteroatoms. The molecule has 1 aromatic rings. The number of anilines is 1. The average molecular weight is 299 g/mol. The second-order valence-corrected chi connectivity index (χ2v) is 6.00. The van der Waals surface area contributed by atoms with Crippen molar-refractivity contribution >= 4 is 23.5 Å². The van der Waals surface area contributed by atoms with Crippen molar-refractivity contribution in [2.24, 2.45) is 11.8 Å². The molecule has 1 aromatic carbocycles. The third kappa shape index (κ3) is 1.50. The maximum atomic E-state index is 12.7. The van der Waals surface area contributed by atoms with Gasteiger partial charge in [0.25, 0.3) is 0 Å². The number of hydrogen-bond donors (Lipinski definition) is 1.